The Bertz CT molecular complexity index is 523. The molecule has 1 aliphatic heterocycles. The van der Waals surface area contributed by atoms with Gasteiger partial charge in [0.05, 0.1) is 21.3 Å². The van der Waals surface area contributed by atoms with E-state index in [0.29, 0.717) is 16.8 Å². The molecule has 3 unspecified atom stereocenters. The molecule has 4 heteroatoms. The lowest BCUT2D eigenvalue weighted by Crippen LogP contribution is -2.25. The van der Waals surface area contributed by atoms with Crippen LogP contribution in [0, 0.1) is 5.92 Å². The fourth-order valence-corrected chi connectivity index (χ4v) is 4.98. The molecule has 0 aliphatic carbocycles. The van der Waals surface area contributed by atoms with Crippen molar-refractivity contribution in [2.45, 2.75) is 37.1 Å². The highest BCUT2D eigenvalue weighted by Gasteiger charge is 2.32. The smallest absolute Gasteiger partial charge is 0.0949 e. The lowest BCUT2D eigenvalue weighted by Gasteiger charge is -2.21. The van der Waals surface area contributed by atoms with Gasteiger partial charge in [-0.25, -0.2) is 4.98 Å². The van der Waals surface area contributed by atoms with Gasteiger partial charge in [0.15, 0.2) is 0 Å². The van der Waals surface area contributed by atoms with Crippen LogP contribution in [-0.4, -0.2) is 22.5 Å². The second-order valence-electron chi connectivity index (χ2n) is 5.07. The molecule has 1 fully saturated rings. The van der Waals surface area contributed by atoms with E-state index in [1.807, 2.05) is 11.3 Å². The number of para-hydroxylation sites is 1. The van der Waals surface area contributed by atoms with Crippen molar-refractivity contribution in [1.82, 2.24) is 4.98 Å². The molecular weight excluding hydrogens is 322 g/mol. The van der Waals surface area contributed by atoms with Gasteiger partial charge in [-0.3, -0.25) is 0 Å². The van der Waals surface area contributed by atoms with Crippen LogP contribution in [0.4, 0.5) is 0 Å². The van der Waals surface area contributed by atoms with E-state index in [4.69, 9.17) is 9.72 Å². The Hall–Kier alpha value is -0.450. The van der Waals surface area contributed by atoms with Crippen molar-refractivity contribution < 1.29 is 4.74 Å². The maximum Gasteiger partial charge on any atom is 0.0949 e. The minimum Gasteiger partial charge on any atom is -0.378 e. The number of ether oxygens (including phenoxy) is 1. The fourth-order valence-electron chi connectivity index (χ4n) is 2.82. The van der Waals surface area contributed by atoms with Gasteiger partial charge in [-0.05, 0) is 25.0 Å². The molecule has 0 radical (unpaired) electrons. The molecule has 1 aromatic carbocycles. The molecule has 102 valence electrons. The number of benzene rings is 1. The molecule has 1 saturated heterocycles. The second kappa shape index (κ2) is 5.90. The zero-order chi connectivity index (χ0) is 13.2. The third-order valence-corrected chi connectivity index (χ3v) is 5.90. The summed E-state index contributed by atoms with van der Waals surface area (Å²) >= 11 is 5.68. The van der Waals surface area contributed by atoms with Gasteiger partial charge in [-0.15, -0.1) is 11.3 Å². The number of hydrogen-bond acceptors (Lipinski definition) is 3. The Labute approximate surface area is 126 Å². The Morgan fingerprint density at radius 3 is 3.11 bits per heavy atom. The molecule has 2 aromatic rings. The summed E-state index contributed by atoms with van der Waals surface area (Å²) in [6.07, 6.45) is 3.69. The quantitative estimate of drug-likeness (QED) is 0.769. The molecule has 3 atom stereocenters. The number of fused-ring (bicyclic) bond motifs is 1. The van der Waals surface area contributed by atoms with Crippen molar-refractivity contribution >= 4 is 37.5 Å². The summed E-state index contributed by atoms with van der Waals surface area (Å²) in [6, 6.07) is 8.36. The topological polar surface area (TPSA) is 22.1 Å². The first-order chi connectivity index (χ1) is 9.28. The summed E-state index contributed by atoms with van der Waals surface area (Å²) in [5.74, 6) is 0.622. The lowest BCUT2D eigenvalue weighted by molar-refractivity contribution is 0.0873. The number of nitrogens with zero attached hydrogens (tertiary/aromatic N) is 1. The highest BCUT2D eigenvalue weighted by atomic mass is 79.9. The van der Waals surface area contributed by atoms with E-state index in [-0.39, 0.29) is 0 Å². The maximum atomic E-state index is 5.79. The van der Waals surface area contributed by atoms with Crippen LogP contribution in [0.5, 0.6) is 0 Å². The Balaban J connectivity index is 1.73. The molecule has 0 bridgehead atoms. The number of alkyl halides is 1. The van der Waals surface area contributed by atoms with Crippen molar-refractivity contribution in [1.29, 1.82) is 0 Å². The van der Waals surface area contributed by atoms with Gasteiger partial charge in [0, 0.05) is 23.8 Å². The molecule has 0 amide bonds. The standard InChI is InChI=1S/C15H18BrNOS/c1-2-13-10(7-8-18-13)11(16)9-15-17-12-5-3-4-6-14(12)19-15/h3-6,10-11,13H,2,7-9H2,1H3. The van der Waals surface area contributed by atoms with E-state index in [9.17, 15) is 0 Å². The van der Waals surface area contributed by atoms with Gasteiger partial charge in [0.25, 0.3) is 0 Å². The maximum absolute atomic E-state index is 5.79. The first-order valence-corrected chi connectivity index (χ1v) is 8.61. The Morgan fingerprint density at radius 2 is 2.32 bits per heavy atom. The lowest BCUT2D eigenvalue weighted by atomic mass is 9.94. The van der Waals surface area contributed by atoms with E-state index < -0.39 is 0 Å². The first-order valence-electron chi connectivity index (χ1n) is 6.88. The van der Waals surface area contributed by atoms with E-state index in [0.717, 1.165) is 25.0 Å². The minimum absolute atomic E-state index is 0.416. The molecule has 1 aromatic heterocycles. The van der Waals surface area contributed by atoms with Gasteiger partial charge in [-0.2, -0.15) is 0 Å². The van der Waals surface area contributed by atoms with Crippen molar-refractivity contribution in [3.05, 3.63) is 29.3 Å². The zero-order valence-corrected chi connectivity index (χ0v) is 13.4. The van der Waals surface area contributed by atoms with Crippen LogP contribution in [-0.2, 0) is 11.2 Å². The van der Waals surface area contributed by atoms with Crippen molar-refractivity contribution in [2.24, 2.45) is 5.92 Å². The van der Waals surface area contributed by atoms with Crippen LogP contribution < -0.4 is 0 Å². The number of halogens is 1. The third-order valence-electron chi connectivity index (χ3n) is 3.84. The van der Waals surface area contributed by atoms with E-state index in [2.05, 4.69) is 47.1 Å². The minimum atomic E-state index is 0.416. The van der Waals surface area contributed by atoms with E-state index in [1.54, 1.807) is 0 Å². The summed E-state index contributed by atoms with van der Waals surface area (Å²) in [6.45, 7) is 3.12. The SMILES string of the molecule is CCC1OCCC1C(Br)Cc1nc2ccccc2s1. The van der Waals surface area contributed by atoms with Crippen molar-refractivity contribution in [3.63, 3.8) is 0 Å². The average Bonchev–Trinajstić information content (AvgIpc) is 3.03. The van der Waals surface area contributed by atoms with E-state index >= 15 is 0 Å². The summed E-state index contributed by atoms with van der Waals surface area (Å²) in [7, 11) is 0. The fraction of sp³-hybridized carbons (Fsp3) is 0.533. The summed E-state index contributed by atoms with van der Waals surface area (Å²) in [4.78, 5) is 5.20. The normalized spacial score (nSPS) is 24.9. The summed E-state index contributed by atoms with van der Waals surface area (Å²) in [5.41, 5.74) is 1.12. The monoisotopic (exact) mass is 339 g/mol. The Morgan fingerprint density at radius 1 is 1.47 bits per heavy atom. The predicted octanol–water partition coefficient (Wildman–Crippen LogP) is 4.42. The van der Waals surface area contributed by atoms with E-state index in [1.165, 1.54) is 16.1 Å². The van der Waals surface area contributed by atoms with Gasteiger partial charge >= 0.3 is 0 Å². The molecule has 19 heavy (non-hydrogen) atoms. The highest BCUT2D eigenvalue weighted by Crippen LogP contribution is 2.33. The predicted molar refractivity (Wildman–Crippen MR) is 84.2 cm³/mol. The molecule has 1 aliphatic rings. The van der Waals surface area contributed by atoms with Gasteiger partial charge < -0.3 is 4.74 Å². The Kier molecular flexibility index (Phi) is 4.20. The van der Waals surface area contributed by atoms with Crippen LogP contribution in [0.25, 0.3) is 10.2 Å². The van der Waals surface area contributed by atoms with Crippen molar-refractivity contribution in [2.75, 3.05) is 6.61 Å². The number of hydrogen-bond donors (Lipinski definition) is 0. The molecule has 0 saturated carbocycles. The number of rotatable bonds is 4. The first kappa shape index (κ1) is 13.5. The van der Waals surface area contributed by atoms with Crippen LogP contribution in [0.15, 0.2) is 24.3 Å². The van der Waals surface area contributed by atoms with Crippen LogP contribution in [0.2, 0.25) is 0 Å². The van der Waals surface area contributed by atoms with Crippen LogP contribution in [0.3, 0.4) is 0 Å². The third kappa shape index (κ3) is 2.86. The summed E-state index contributed by atoms with van der Waals surface area (Å²) < 4.78 is 7.07. The average molecular weight is 340 g/mol. The molecular formula is C15H18BrNOS. The number of thiazole rings is 1. The van der Waals surface area contributed by atoms with Crippen LogP contribution in [0.1, 0.15) is 24.8 Å². The number of aromatic nitrogens is 1. The molecule has 2 nitrogen and oxygen atoms in total. The van der Waals surface area contributed by atoms with Gasteiger partial charge in [0.1, 0.15) is 0 Å². The van der Waals surface area contributed by atoms with Crippen molar-refractivity contribution in [3.8, 4) is 0 Å². The second-order valence-corrected chi connectivity index (χ2v) is 7.36. The summed E-state index contributed by atoms with van der Waals surface area (Å²) in [5, 5.41) is 1.23. The molecule has 2 heterocycles. The molecule has 3 rings (SSSR count). The van der Waals surface area contributed by atoms with Gasteiger partial charge in [-0.1, -0.05) is 35.0 Å². The highest BCUT2D eigenvalue weighted by molar-refractivity contribution is 9.09. The molecule has 0 N–H and O–H groups in total. The van der Waals surface area contributed by atoms with Gasteiger partial charge in [0.2, 0.25) is 0 Å². The largest absolute Gasteiger partial charge is 0.378 e. The van der Waals surface area contributed by atoms with Crippen LogP contribution >= 0.6 is 27.3 Å². The zero-order valence-electron chi connectivity index (χ0n) is 11.0. The molecule has 0 spiro atoms.